The molecule has 0 unspecified atom stereocenters. The lowest BCUT2D eigenvalue weighted by molar-refractivity contribution is -0.141. The van der Waals surface area contributed by atoms with E-state index in [1.54, 1.807) is 0 Å². The number of allylic oxidation sites excluding steroid dienone is 2. The average Bonchev–Trinajstić information content (AvgIpc) is 2.74. The van der Waals surface area contributed by atoms with E-state index in [1.807, 2.05) is 0 Å². The summed E-state index contributed by atoms with van der Waals surface area (Å²) < 4.78 is 5.11. The Bertz CT molecular complexity index is 237. The van der Waals surface area contributed by atoms with Gasteiger partial charge in [0, 0.05) is 0 Å². The van der Waals surface area contributed by atoms with Gasteiger partial charge >= 0.3 is 5.97 Å². The fraction of sp³-hybridized carbons (Fsp3) is 0.700. The molecular formula is C10H13BrO2. The van der Waals surface area contributed by atoms with Crippen LogP contribution in [0.3, 0.4) is 0 Å². The summed E-state index contributed by atoms with van der Waals surface area (Å²) >= 11 is 3.08. The van der Waals surface area contributed by atoms with Crippen LogP contribution in [0.5, 0.6) is 0 Å². The number of hydrogen-bond donors (Lipinski definition) is 0. The quantitative estimate of drug-likeness (QED) is 0.432. The highest BCUT2D eigenvalue weighted by Crippen LogP contribution is 2.43. The fourth-order valence-electron chi connectivity index (χ4n) is 2.32. The predicted octanol–water partition coefficient (Wildman–Crippen LogP) is 2.14. The number of esters is 1. The smallest absolute Gasteiger partial charge is 0.316 e. The van der Waals surface area contributed by atoms with Gasteiger partial charge in [-0.3, -0.25) is 4.79 Å². The highest BCUT2D eigenvalue weighted by Gasteiger charge is 2.35. The van der Waals surface area contributed by atoms with Crippen LogP contribution >= 0.6 is 15.9 Å². The van der Waals surface area contributed by atoms with E-state index < -0.39 is 0 Å². The van der Waals surface area contributed by atoms with Crippen LogP contribution in [0, 0.1) is 17.8 Å². The predicted molar refractivity (Wildman–Crippen MR) is 53.6 cm³/mol. The molecule has 0 radical (unpaired) electrons. The lowest BCUT2D eigenvalue weighted by Gasteiger charge is -2.17. The molecule has 0 aromatic rings. The molecule has 0 aliphatic heterocycles. The third kappa shape index (κ3) is 1.96. The third-order valence-electron chi connectivity index (χ3n) is 2.98. The maximum atomic E-state index is 10.9. The van der Waals surface area contributed by atoms with Gasteiger partial charge in [0.25, 0.3) is 0 Å². The molecule has 13 heavy (non-hydrogen) atoms. The molecule has 2 aliphatic carbocycles. The van der Waals surface area contributed by atoms with Gasteiger partial charge in [-0.05, 0) is 30.6 Å². The van der Waals surface area contributed by atoms with E-state index in [4.69, 9.17) is 4.74 Å². The van der Waals surface area contributed by atoms with Crippen LogP contribution in [-0.2, 0) is 9.53 Å². The van der Waals surface area contributed by atoms with Crippen molar-refractivity contribution in [3.05, 3.63) is 12.2 Å². The Morgan fingerprint density at radius 2 is 2.31 bits per heavy atom. The van der Waals surface area contributed by atoms with Gasteiger partial charge in [0.1, 0.15) is 5.33 Å². The SMILES string of the molecule is O=C(CBr)OC[C@@H]1C[C@H]2C=C[C@@H]1C2. The van der Waals surface area contributed by atoms with E-state index in [0.29, 0.717) is 23.8 Å². The summed E-state index contributed by atoms with van der Waals surface area (Å²) in [7, 11) is 0. The Kier molecular flexibility index (Phi) is 2.72. The lowest BCUT2D eigenvalue weighted by atomic mass is 9.95. The number of hydrogen-bond acceptors (Lipinski definition) is 2. The average molecular weight is 245 g/mol. The number of halogens is 1. The second-order valence-corrected chi connectivity index (χ2v) is 4.42. The van der Waals surface area contributed by atoms with E-state index in [1.165, 1.54) is 12.8 Å². The topological polar surface area (TPSA) is 26.3 Å². The van der Waals surface area contributed by atoms with E-state index in [2.05, 4.69) is 28.1 Å². The molecule has 72 valence electrons. The number of alkyl halides is 1. The van der Waals surface area contributed by atoms with Crippen molar-refractivity contribution < 1.29 is 9.53 Å². The number of fused-ring (bicyclic) bond motifs is 2. The molecule has 2 bridgehead atoms. The Hall–Kier alpha value is -0.310. The summed E-state index contributed by atoms with van der Waals surface area (Å²) in [4.78, 5) is 10.9. The van der Waals surface area contributed by atoms with Crippen molar-refractivity contribution in [3.8, 4) is 0 Å². The molecule has 0 N–H and O–H groups in total. The van der Waals surface area contributed by atoms with Crippen molar-refractivity contribution in [2.75, 3.05) is 11.9 Å². The molecule has 0 heterocycles. The van der Waals surface area contributed by atoms with Crippen LogP contribution in [0.2, 0.25) is 0 Å². The number of ether oxygens (including phenoxy) is 1. The van der Waals surface area contributed by atoms with Crippen LogP contribution < -0.4 is 0 Å². The Morgan fingerprint density at radius 3 is 2.85 bits per heavy atom. The van der Waals surface area contributed by atoms with Crippen molar-refractivity contribution in [3.63, 3.8) is 0 Å². The van der Waals surface area contributed by atoms with E-state index >= 15 is 0 Å². The molecule has 2 nitrogen and oxygen atoms in total. The largest absolute Gasteiger partial charge is 0.465 e. The number of rotatable bonds is 3. The van der Waals surface area contributed by atoms with Gasteiger partial charge in [0.05, 0.1) is 6.61 Å². The van der Waals surface area contributed by atoms with E-state index in [0.717, 1.165) is 5.92 Å². The van der Waals surface area contributed by atoms with Crippen molar-refractivity contribution in [2.24, 2.45) is 17.8 Å². The summed E-state index contributed by atoms with van der Waals surface area (Å²) in [5, 5.41) is 0.309. The van der Waals surface area contributed by atoms with Gasteiger partial charge in [-0.25, -0.2) is 0 Å². The first kappa shape index (κ1) is 9.25. The molecule has 2 aliphatic rings. The zero-order valence-electron chi connectivity index (χ0n) is 7.41. The molecule has 2 rings (SSSR count). The second-order valence-electron chi connectivity index (χ2n) is 3.86. The molecule has 0 saturated heterocycles. The van der Waals surface area contributed by atoms with Crippen molar-refractivity contribution in [1.82, 2.24) is 0 Å². The molecule has 0 aromatic carbocycles. The first-order chi connectivity index (χ1) is 6.29. The van der Waals surface area contributed by atoms with Crippen molar-refractivity contribution in [2.45, 2.75) is 12.8 Å². The minimum atomic E-state index is -0.147. The summed E-state index contributed by atoms with van der Waals surface area (Å²) in [6.07, 6.45) is 7.06. The van der Waals surface area contributed by atoms with Gasteiger partial charge in [0.2, 0.25) is 0 Å². The van der Waals surface area contributed by atoms with Crippen LogP contribution in [-0.4, -0.2) is 17.9 Å². The van der Waals surface area contributed by atoms with Crippen LogP contribution in [0.1, 0.15) is 12.8 Å². The Labute approximate surface area is 86.5 Å². The molecule has 3 heteroatoms. The normalized spacial score (nSPS) is 35.3. The number of carbonyl (C=O) groups is 1. The maximum Gasteiger partial charge on any atom is 0.316 e. The minimum absolute atomic E-state index is 0.147. The molecule has 3 atom stereocenters. The van der Waals surface area contributed by atoms with Gasteiger partial charge < -0.3 is 4.74 Å². The zero-order valence-corrected chi connectivity index (χ0v) is 9.00. The molecule has 0 spiro atoms. The summed E-state index contributed by atoms with van der Waals surface area (Å²) in [5.74, 6) is 1.87. The minimum Gasteiger partial charge on any atom is -0.465 e. The molecule has 0 amide bonds. The Balaban J connectivity index is 1.78. The van der Waals surface area contributed by atoms with E-state index in [9.17, 15) is 4.79 Å². The van der Waals surface area contributed by atoms with Crippen molar-refractivity contribution >= 4 is 21.9 Å². The number of carbonyl (C=O) groups excluding carboxylic acids is 1. The first-order valence-corrected chi connectivity index (χ1v) is 5.81. The molecule has 0 aromatic heterocycles. The highest BCUT2D eigenvalue weighted by molar-refractivity contribution is 9.09. The molecular weight excluding hydrogens is 232 g/mol. The summed E-state index contributed by atoms with van der Waals surface area (Å²) in [6, 6.07) is 0. The monoisotopic (exact) mass is 244 g/mol. The molecule has 1 saturated carbocycles. The van der Waals surface area contributed by atoms with Gasteiger partial charge in [-0.15, -0.1) is 0 Å². The zero-order chi connectivity index (χ0) is 9.26. The second kappa shape index (κ2) is 3.82. The first-order valence-electron chi connectivity index (χ1n) is 4.69. The van der Waals surface area contributed by atoms with Crippen molar-refractivity contribution in [1.29, 1.82) is 0 Å². The van der Waals surface area contributed by atoms with Gasteiger partial charge in [0.15, 0.2) is 0 Å². The van der Waals surface area contributed by atoms with E-state index in [-0.39, 0.29) is 5.97 Å². The lowest BCUT2D eigenvalue weighted by Crippen LogP contribution is -2.18. The van der Waals surface area contributed by atoms with Crippen LogP contribution in [0.25, 0.3) is 0 Å². The van der Waals surface area contributed by atoms with Gasteiger partial charge in [-0.1, -0.05) is 28.1 Å². The Morgan fingerprint density at radius 1 is 1.46 bits per heavy atom. The standard InChI is InChI=1S/C10H13BrO2/c11-5-10(12)13-6-9-4-7-1-2-8(9)3-7/h1-2,7-9H,3-6H2/t7-,8+,9-/m0/s1. The fourth-order valence-corrected chi connectivity index (χ4v) is 2.49. The third-order valence-corrected chi connectivity index (χ3v) is 3.44. The van der Waals surface area contributed by atoms with Gasteiger partial charge in [-0.2, -0.15) is 0 Å². The summed E-state index contributed by atoms with van der Waals surface area (Å²) in [6.45, 7) is 0.607. The van der Waals surface area contributed by atoms with Crippen LogP contribution in [0.4, 0.5) is 0 Å². The maximum absolute atomic E-state index is 10.9. The summed E-state index contributed by atoms with van der Waals surface area (Å²) in [5.41, 5.74) is 0. The molecule has 1 fully saturated rings. The highest BCUT2D eigenvalue weighted by atomic mass is 79.9. The van der Waals surface area contributed by atoms with Crippen LogP contribution in [0.15, 0.2) is 12.2 Å².